The van der Waals surface area contributed by atoms with Gasteiger partial charge < -0.3 is 15.6 Å². The van der Waals surface area contributed by atoms with E-state index in [4.69, 9.17) is 0 Å². The second kappa shape index (κ2) is 7.26. The van der Waals surface area contributed by atoms with E-state index < -0.39 is 6.04 Å². The fourth-order valence-electron chi connectivity index (χ4n) is 1.43. The molecule has 0 aromatic carbocycles. The Labute approximate surface area is 106 Å². The Morgan fingerprint density at radius 3 is 2.94 bits per heavy atom. The minimum Gasteiger partial charge on any atom is -0.354 e. The Balaban J connectivity index is 2.64. The van der Waals surface area contributed by atoms with E-state index in [1.165, 1.54) is 6.33 Å². The van der Waals surface area contributed by atoms with Crippen molar-refractivity contribution < 1.29 is 9.59 Å². The van der Waals surface area contributed by atoms with Crippen molar-refractivity contribution in [2.45, 2.75) is 25.8 Å². The number of carbonyl (C=O) groups excluding carboxylic acids is 2. The largest absolute Gasteiger partial charge is 0.354 e. The Morgan fingerprint density at radius 2 is 2.39 bits per heavy atom. The molecule has 1 aromatic heterocycles. The molecule has 0 aliphatic carbocycles. The first-order chi connectivity index (χ1) is 8.67. The Bertz CT molecular complexity index is 400. The minimum atomic E-state index is -0.623. The molecule has 2 amide bonds. The molecule has 0 unspecified atom stereocenters. The fourth-order valence-corrected chi connectivity index (χ4v) is 1.43. The van der Waals surface area contributed by atoms with Gasteiger partial charge in [-0.2, -0.15) is 0 Å². The lowest BCUT2D eigenvalue weighted by Crippen LogP contribution is -2.47. The first-order valence-electron chi connectivity index (χ1n) is 5.85. The quantitative estimate of drug-likeness (QED) is 0.602. The third kappa shape index (κ3) is 4.40. The highest BCUT2D eigenvalue weighted by atomic mass is 16.2. The summed E-state index contributed by atoms with van der Waals surface area (Å²) >= 11 is 0. The highest BCUT2D eigenvalue weighted by molar-refractivity contribution is 5.92. The smallest absolute Gasteiger partial charge is 0.244 e. The van der Waals surface area contributed by atoms with E-state index in [-0.39, 0.29) is 11.8 Å². The fraction of sp³-hybridized carbons (Fsp3) is 0.417. The first kappa shape index (κ1) is 14.0. The Hall–Kier alpha value is -2.11. The maximum absolute atomic E-state index is 11.9. The Kier molecular flexibility index (Phi) is 5.63. The van der Waals surface area contributed by atoms with Crippen molar-refractivity contribution in [2.24, 2.45) is 0 Å². The molecule has 6 nitrogen and oxygen atoms in total. The summed E-state index contributed by atoms with van der Waals surface area (Å²) in [4.78, 5) is 30.0. The summed E-state index contributed by atoms with van der Waals surface area (Å²) in [6, 6.07) is -0.623. The SMILES string of the molecule is C=CC(=O)N[C@@H](Cc1cnc[nH]1)C(=O)NCCC. The summed E-state index contributed by atoms with van der Waals surface area (Å²) in [5.41, 5.74) is 0.788. The van der Waals surface area contributed by atoms with Gasteiger partial charge >= 0.3 is 0 Å². The zero-order valence-electron chi connectivity index (χ0n) is 10.4. The molecule has 18 heavy (non-hydrogen) atoms. The van der Waals surface area contributed by atoms with Gasteiger partial charge in [-0.25, -0.2) is 4.98 Å². The van der Waals surface area contributed by atoms with Crippen LogP contribution in [-0.2, 0) is 16.0 Å². The first-order valence-corrected chi connectivity index (χ1v) is 5.85. The van der Waals surface area contributed by atoms with Gasteiger partial charge in [0.2, 0.25) is 11.8 Å². The maximum Gasteiger partial charge on any atom is 0.244 e. The number of hydrogen-bond donors (Lipinski definition) is 3. The van der Waals surface area contributed by atoms with Crippen LogP contribution in [0.15, 0.2) is 25.2 Å². The number of amides is 2. The lowest BCUT2D eigenvalue weighted by Gasteiger charge is -2.16. The second-order valence-corrected chi connectivity index (χ2v) is 3.84. The van der Waals surface area contributed by atoms with Gasteiger partial charge in [0.25, 0.3) is 0 Å². The number of nitrogens with one attached hydrogen (secondary N) is 3. The number of rotatable bonds is 7. The number of H-pyrrole nitrogens is 1. The highest BCUT2D eigenvalue weighted by Crippen LogP contribution is 1.99. The monoisotopic (exact) mass is 250 g/mol. The van der Waals surface area contributed by atoms with Crippen molar-refractivity contribution in [2.75, 3.05) is 6.54 Å². The lowest BCUT2D eigenvalue weighted by molar-refractivity contribution is -0.127. The molecule has 1 heterocycles. The van der Waals surface area contributed by atoms with Gasteiger partial charge in [0.15, 0.2) is 0 Å². The van der Waals surface area contributed by atoms with Crippen molar-refractivity contribution >= 4 is 11.8 Å². The summed E-state index contributed by atoms with van der Waals surface area (Å²) in [5.74, 6) is -0.576. The van der Waals surface area contributed by atoms with Crippen molar-refractivity contribution in [3.63, 3.8) is 0 Å². The standard InChI is InChI=1S/C12H18N4O2/c1-3-5-14-12(18)10(16-11(17)4-2)6-9-7-13-8-15-9/h4,7-8,10H,2-3,5-6H2,1H3,(H,13,15)(H,14,18)(H,16,17)/t10-/m0/s1. The van der Waals surface area contributed by atoms with Crippen molar-refractivity contribution in [3.8, 4) is 0 Å². The van der Waals surface area contributed by atoms with E-state index in [0.717, 1.165) is 18.2 Å². The Morgan fingerprint density at radius 1 is 1.61 bits per heavy atom. The molecule has 3 N–H and O–H groups in total. The van der Waals surface area contributed by atoms with Gasteiger partial charge in [-0.05, 0) is 12.5 Å². The molecule has 98 valence electrons. The third-order valence-electron chi connectivity index (χ3n) is 2.35. The van der Waals surface area contributed by atoms with Crippen molar-refractivity contribution in [1.82, 2.24) is 20.6 Å². The van der Waals surface area contributed by atoms with Crippen LogP contribution >= 0.6 is 0 Å². The van der Waals surface area contributed by atoms with Crippen LogP contribution in [0.3, 0.4) is 0 Å². The molecule has 0 spiro atoms. The molecule has 1 atom stereocenters. The van der Waals surface area contributed by atoms with E-state index in [2.05, 4.69) is 27.2 Å². The number of hydrogen-bond acceptors (Lipinski definition) is 3. The summed E-state index contributed by atoms with van der Waals surface area (Å²) < 4.78 is 0. The maximum atomic E-state index is 11.9. The van der Waals surface area contributed by atoms with Gasteiger partial charge in [-0.15, -0.1) is 0 Å². The summed E-state index contributed by atoms with van der Waals surface area (Å²) in [6.45, 7) is 5.92. The average Bonchev–Trinajstić information content (AvgIpc) is 2.87. The number of carbonyl (C=O) groups is 2. The van der Waals surface area contributed by atoms with Crippen LogP contribution < -0.4 is 10.6 Å². The topological polar surface area (TPSA) is 86.9 Å². The van der Waals surface area contributed by atoms with Crippen LogP contribution in [-0.4, -0.2) is 34.4 Å². The van der Waals surface area contributed by atoms with Crippen LogP contribution in [0.25, 0.3) is 0 Å². The lowest BCUT2D eigenvalue weighted by atomic mass is 10.1. The van der Waals surface area contributed by atoms with E-state index in [0.29, 0.717) is 13.0 Å². The van der Waals surface area contributed by atoms with E-state index in [1.807, 2.05) is 6.92 Å². The molecule has 0 aliphatic heterocycles. The van der Waals surface area contributed by atoms with Gasteiger partial charge in [-0.1, -0.05) is 13.5 Å². The molecular weight excluding hydrogens is 232 g/mol. The zero-order valence-corrected chi connectivity index (χ0v) is 10.4. The molecular formula is C12H18N4O2. The van der Waals surface area contributed by atoms with Crippen LogP contribution in [0.1, 0.15) is 19.0 Å². The molecule has 6 heteroatoms. The van der Waals surface area contributed by atoms with E-state index in [9.17, 15) is 9.59 Å². The predicted molar refractivity (Wildman–Crippen MR) is 67.7 cm³/mol. The van der Waals surface area contributed by atoms with Crippen LogP contribution in [0.4, 0.5) is 0 Å². The predicted octanol–water partition coefficient (Wildman–Crippen LogP) is 0.149. The van der Waals surface area contributed by atoms with E-state index in [1.54, 1.807) is 6.20 Å². The van der Waals surface area contributed by atoms with Crippen LogP contribution in [0.2, 0.25) is 0 Å². The summed E-state index contributed by atoms with van der Waals surface area (Å²) in [6.07, 6.45) is 5.52. The number of imidazole rings is 1. The molecule has 0 fully saturated rings. The van der Waals surface area contributed by atoms with E-state index >= 15 is 0 Å². The number of aromatic nitrogens is 2. The minimum absolute atomic E-state index is 0.207. The molecule has 0 aliphatic rings. The summed E-state index contributed by atoms with van der Waals surface area (Å²) in [7, 11) is 0. The molecule has 0 saturated heterocycles. The normalized spacial score (nSPS) is 11.6. The average molecular weight is 250 g/mol. The van der Waals surface area contributed by atoms with Crippen LogP contribution in [0, 0.1) is 0 Å². The van der Waals surface area contributed by atoms with Gasteiger partial charge in [0.05, 0.1) is 6.33 Å². The molecule has 0 saturated carbocycles. The van der Waals surface area contributed by atoms with Gasteiger partial charge in [0.1, 0.15) is 6.04 Å². The zero-order chi connectivity index (χ0) is 13.4. The molecule has 1 aromatic rings. The molecule has 0 bridgehead atoms. The molecule has 1 rings (SSSR count). The van der Waals surface area contributed by atoms with Crippen molar-refractivity contribution in [3.05, 3.63) is 30.9 Å². The highest BCUT2D eigenvalue weighted by Gasteiger charge is 2.20. The molecule has 0 radical (unpaired) electrons. The van der Waals surface area contributed by atoms with Gasteiger partial charge in [-0.3, -0.25) is 9.59 Å². The number of nitrogens with zero attached hydrogens (tertiary/aromatic N) is 1. The van der Waals surface area contributed by atoms with Gasteiger partial charge in [0, 0.05) is 24.9 Å². The second-order valence-electron chi connectivity index (χ2n) is 3.84. The number of aromatic amines is 1. The van der Waals surface area contributed by atoms with Crippen molar-refractivity contribution in [1.29, 1.82) is 0 Å². The summed E-state index contributed by atoms with van der Waals surface area (Å²) in [5, 5.41) is 5.35. The van der Waals surface area contributed by atoms with Crippen LogP contribution in [0.5, 0.6) is 0 Å². The third-order valence-corrected chi connectivity index (χ3v) is 2.35.